The number of aromatic amines is 1. The Kier molecular flexibility index (Phi) is 3.57. The Bertz CT molecular complexity index is 687. The molecule has 0 saturated carbocycles. The zero-order valence-corrected chi connectivity index (χ0v) is 11.6. The van der Waals surface area contributed by atoms with Gasteiger partial charge >= 0.3 is 0 Å². The van der Waals surface area contributed by atoms with Crippen molar-refractivity contribution in [3.8, 4) is 0 Å². The third kappa shape index (κ3) is 2.47. The van der Waals surface area contributed by atoms with Gasteiger partial charge in [0.2, 0.25) is 0 Å². The van der Waals surface area contributed by atoms with E-state index in [0.29, 0.717) is 5.92 Å². The lowest BCUT2D eigenvalue weighted by atomic mass is 9.91. The minimum Gasteiger partial charge on any atom is -0.388 e. The summed E-state index contributed by atoms with van der Waals surface area (Å²) in [6.45, 7) is 2.16. The Labute approximate surface area is 119 Å². The standard InChI is InChI=1S/C18H19NO/c1-13(14-6-3-2-4-7-14)12-18(20)16-8-5-9-17-15(16)10-11-19-17/h2-11,13,18-20H,12H2,1H3. The number of aromatic nitrogens is 1. The molecule has 0 bridgehead atoms. The van der Waals surface area contributed by atoms with E-state index in [1.165, 1.54) is 5.56 Å². The number of hydrogen-bond donors (Lipinski definition) is 2. The highest BCUT2D eigenvalue weighted by Gasteiger charge is 2.16. The number of nitrogens with one attached hydrogen (secondary N) is 1. The summed E-state index contributed by atoms with van der Waals surface area (Å²) in [7, 11) is 0. The number of aliphatic hydroxyl groups is 1. The predicted molar refractivity (Wildman–Crippen MR) is 82.7 cm³/mol. The van der Waals surface area contributed by atoms with Gasteiger partial charge in [-0.15, -0.1) is 0 Å². The van der Waals surface area contributed by atoms with Gasteiger partial charge in [0, 0.05) is 17.1 Å². The Morgan fingerprint density at radius 1 is 1.00 bits per heavy atom. The van der Waals surface area contributed by atoms with Gasteiger partial charge in [0.25, 0.3) is 0 Å². The molecule has 1 heterocycles. The molecule has 2 heteroatoms. The second-order valence-electron chi connectivity index (χ2n) is 5.35. The van der Waals surface area contributed by atoms with E-state index in [2.05, 4.69) is 24.0 Å². The number of aliphatic hydroxyl groups excluding tert-OH is 1. The van der Waals surface area contributed by atoms with Gasteiger partial charge in [-0.05, 0) is 35.6 Å². The highest BCUT2D eigenvalue weighted by atomic mass is 16.3. The van der Waals surface area contributed by atoms with Gasteiger partial charge in [-0.1, -0.05) is 49.4 Å². The van der Waals surface area contributed by atoms with Gasteiger partial charge in [0.1, 0.15) is 0 Å². The van der Waals surface area contributed by atoms with Crippen LogP contribution >= 0.6 is 0 Å². The highest BCUT2D eigenvalue weighted by Crippen LogP contribution is 2.31. The van der Waals surface area contributed by atoms with Crippen LogP contribution in [0.5, 0.6) is 0 Å². The molecule has 0 saturated heterocycles. The molecule has 0 radical (unpaired) electrons. The molecule has 3 aromatic rings. The minimum atomic E-state index is -0.440. The van der Waals surface area contributed by atoms with Crippen LogP contribution in [0, 0.1) is 0 Å². The largest absolute Gasteiger partial charge is 0.388 e. The van der Waals surface area contributed by atoms with E-state index >= 15 is 0 Å². The van der Waals surface area contributed by atoms with Crippen LogP contribution in [0.1, 0.15) is 36.5 Å². The fraction of sp³-hybridized carbons (Fsp3) is 0.222. The quantitative estimate of drug-likeness (QED) is 0.721. The molecule has 2 atom stereocenters. The molecule has 0 aliphatic heterocycles. The van der Waals surface area contributed by atoms with Crippen LogP contribution in [-0.2, 0) is 0 Å². The first-order chi connectivity index (χ1) is 9.75. The minimum absolute atomic E-state index is 0.334. The van der Waals surface area contributed by atoms with E-state index < -0.39 is 6.10 Å². The second kappa shape index (κ2) is 5.51. The van der Waals surface area contributed by atoms with Crippen molar-refractivity contribution in [1.82, 2.24) is 4.98 Å². The number of hydrogen-bond acceptors (Lipinski definition) is 1. The van der Waals surface area contributed by atoms with Gasteiger partial charge in [0.05, 0.1) is 6.10 Å². The van der Waals surface area contributed by atoms with Crippen molar-refractivity contribution in [3.05, 3.63) is 71.9 Å². The van der Waals surface area contributed by atoms with Crippen molar-refractivity contribution in [3.63, 3.8) is 0 Å². The second-order valence-corrected chi connectivity index (χ2v) is 5.35. The maximum absolute atomic E-state index is 10.6. The van der Waals surface area contributed by atoms with Gasteiger partial charge in [-0.2, -0.15) is 0 Å². The Hall–Kier alpha value is -2.06. The molecule has 0 fully saturated rings. The lowest BCUT2D eigenvalue weighted by Gasteiger charge is -2.18. The summed E-state index contributed by atoms with van der Waals surface area (Å²) >= 11 is 0. The normalized spacial score (nSPS) is 14.3. The summed E-state index contributed by atoms with van der Waals surface area (Å²) in [5.74, 6) is 0.334. The van der Waals surface area contributed by atoms with Crippen LogP contribution in [0.3, 0.4) is 0 Å². The van der Waals surface area contributed by atoms with Crippen LogP contribution in [0.15, 0.2) is 60.8 Å². The maximum atomic E-state index is 10.6. The van der Waals surface area contributed by atoms with Gasteiger partial charge in [-0.25, -0.2) is 0 Å². The molecule has 0 aliphatic carbocycles. The zero-order valence-electron chi connectivity index (χ0n) is 11.6. The van der Waals surface area contributed by atoms with Crippen molar-refractivity contribution < 1.29 is 5.11 Å². The number of rotatable bonds is 4. The third-order valence-corrected chi connectivity index (χ3v) is 3.93. The number of fused-ring (bicyclic) bond motifs is 1. The van der Waals surface area contributed by atoms with Crippen LogP contribution in [0.4, 0.5) is 0 Å². The molecule has 0 aliphatic rings. The van der Waals surface area contributed by atoms with Crippen LogP contribution < -0.4 is 0 Å². The van der Waals surface area contributed by atoms with E-state index in [0.717, 1.165) is 22.9 Å². The summed E-state index contributed by atoms with van der Waals surface area (Å²) in [4.78, 5) is 3.19. The Morgan fingerprint density at radius 3 is 2.60 bits per heavy atom. The smallest absolute Gasteiger partial charge is 0.0802 e. The topological polar surface area (TPSA) is 36.0 Å². The van der Waals surface area contributed by atoms with Gasteiger partial charge in [0.15, 0.2) is 0 Å². The fourth-order valence-corrected chi connectivity index (χ4v) is 2.78. The Balaban J connectivity index is 1.83. The number of benzene rings is 2. The molecular weight excluding hydrogens is 246 g/mol. The maximum Gasteiger partial charge on any atom is 0.0802 e. The zero-order chi connectivity index (χ0) is 13.9. The van der Waals surface area contributed by atoms with E-state index in [9.17, 15) is 5.11 Å². The van der Waals surface area contributed by atoms with Crippen LogP contribution in [0.25, 0.3) is 10.9 Å². The fourth-order valence-electron chi connectivity index (χ4n) is 2.78. The lowest BCUT2D eigenvalue weighted by molar-refractivity contribution is 0.161. The molecule has 2 aromatic carbocycles. The molecule has 20 heavy (non-hydrogen) atoms. The van der Waals surface area contributed by atoms with Gasteiger partial charge < -0.3 is 10.1 Å². The molecule has 2 N–H and O–H groups in total. The van der Waals surface area contributed by atoms with E-state index in [1.807, 2.05) is 48.7 Å². The molecule has 0 amide bonds. The SMILES string of the molecule is CC(CC(O)c1cccc2[nH]ccc12)c1ccccc1. The van der Waals surface area contributed by atoms with Crippen molar-refractivity contribution in [1.29, 1.82) is 0 Å². The average Bonchev–Trinajstić information content (AvgIpc) is 2.96. The first kappa shape index (κ1) is 12.9. The molecule has 3 rings (SSSR count). The third-order valence-electron chi connectivity index (χ3n) is 3.93. The summed E-state index contributed by atoms with van der Waals surface area (Å²) < 4.78 is 0. The highest BCUT2D eigenvalue weighted by molar-refractivity contribution is 5.83. The van der Waals surface area contributed by atoms with E-state index in [-0.39, 0.29) is 0 Å². The number of H-pyrrole nitrogens is 1. The van der Waals surface area contributed by atoms with Crippen molar-refractivity contribution >= 4 is 10.9 Å². The summed E-state index contributed by atoms with van der Waals surface area (Å²) in [6, 6.07) is 18.4. The van der Waals surface area contributed by atoms with Gasteiger partial charge in [-0.3, -0.25) is 0 Å². The van der Waals surface area contributed by atoms with E-state index in [1.54, 1.807) is 0 Å². The Morgan fingerprint density at radius 2 is 1.80 bits per heavy atom. The summed E-state index contributed by atoms with van der Waals surface area (Å²) in [5.41, 5.74) is 3.35. The molecule has 2 nitrogen and oxygen atoms in total. The van der Waals surface area contributed by atoms with Crippen LogP contribution in [-0.4, -0.2) is 10.1 Å². The summed E-state index contributed by atoms with van der Waals surface area (Å²) in [5, 5.41) is 11.7. The predicted octanol–water partition coefficient (Wildman–Crippen LogP) is 4.40. The first-order valence-electron chi connectivity index (χ1n) is 7.04. The molecular formula is C18H19NO. The molecule has 102 valence electrons. The lowest BCUT2D eigenvalue weighted by Crippen LogP contribution is -2.04. The first-order valence-corrected chi connectivity index (χ1v) is 7.04. The monoisotopic (exact) mass is 265 g/mol. The van der Waals surface area contributed by atoms with Crippen LogP contribution in [0.2, 0.25) is 0 Å². The van der Waals surface area contributed by atoms with E-state index in [4.69, 9.17) is 0 Å². The average molecular weight is 265 g/mol. The molecule has 1 aromatic heterocycles. The summed E-state index contributed by atoms with van der Waals surface area (Å²) in [6.07, 6.45) is 2.21. The van der Waals surface area contributed by atoms with Crippen molar-refractivity contribution in [2.75, 3.05) is 0 Å². The molecule has 2 unspecified atom stereocenters. The van der Waals surface area contributed by atoms with Crippen molar-refractivity contribution in [2.24, 2.45) is 0 Å². The van der Waals surface area contributed by atoms with Crippen molar-refractivity contribution in [2.45, 2.75) is 25.4 Å². The molecule has 0 spiro atoms.